The molecule has 0 amide bonds. The highest BCUT2D eigenvalue weighted by Gasteiger charge is 2.15. The van der Waals surface area contributed by atoms with Crippen LogP contribution in [0.2, 0.25) is 5.15 Å². The Labute approximate surface area is 129 Å². The maximum atomic E-state index is 6.18. The number of thiophene rings is 1. The first kappa shape index (κ1) is 15.3. The molecule has 0 saturated carbocycles. The van der Waals surface area contributed by atoms with Crippen LogP contribution in [0.1, 0.15) is 42.0 Å². The third-order valence-electron chi connectivity index (χ3n) is 3.10. The van der Waals surface area contributed by atoms with Crippen LogP contribution in [-0.4, -0.2) is 16.0 Å². The van der Waals surface area contributed by atoms with Gasteiger partial charge in [-0.15, -0.1) is 11.3 Å². The molecule has 0 bridgehead atoms. The van der Waals surface area contributed by atoms with Crippen LogP contribution in [0.15, 0.2) is 18.5 Å². The second kappa shape index (κ2) is 6.55. The zero-order chi connectivity index (χ0) is 14.7. The number of nitrogens with zero attached hydrogens (tertiary/aromatic N) is 2. The highest BCUT2D eigenvalue weighted by atomic mass is 35.5. The molecule has 2 aromatic heterocycles. The molecule has 1 unspecified atom stereocenters. The average Bonchev–Trinajstić information content (AvgIpc) is 2.74. The van der Waals surface area contributed by atoms with E-state index in [1.54, 1.807) is 0 Å². The molecule has 0 spiro atoms. The molecular formula is C15H20ClN3S. The molecule has 3 nitrogen and oxygen atoms in total. The average molecular weight is 310 g/mol. The molecule has 1 N–H and O–H groups in total. The molecule has 0 fully saturated rings. The molecule has 0 saturated heterocycles. The smallest absolute Gasteiger partial charge is 0.138 e. The first-order valence-corrected chi connectivity index (χ1v) is 7.99. The molecule has 0 aliphatic heterocycles. The number of nitrogens with one attached hydrogen (secondary N) is 1. The minimum absolute atomic E-state index is 0.294. The third kappa shape index (κ3) is 3.70. The van der Waals surface area contributed by atoms with Gasteiger partial charge in [0.15, 0.2) is 0 Å². The van der Waals surface area contributed by atoms with E-state index in [-0.39, 0.29) is 0 Å². The minimum atomic E-state index is 0.294. The van der Waals surface area contributed by atoms with E-state index in [0.29, 0.717) is 17.1 Å². The maximum Gasteiger partial charge on any atom is 0.138 e. The molecule has 108 valence electrons. The quantitative estimate of drug-likeness (QED) is 0.816. The Balaban J connectivity index is 2.11. The normalized spacial score (nSPS) is 12.7. The highest BCUT2D eigenvalue weighted by molar-refractivity contribution is 7.11. The fourth-order valence-corrected chi connectivity index (χ4v) is 3.55. The number of hydrogen-bond acceptors (Lipinski definition) is 4. The number of aryl methyl sites for hydroxylation is 1. The zero-order valence-corrected chi connectivity index (χ0v) is 13.8. The van der Waals surface area contributed by atoms with E-state index in [1.165, 1.54) is 16.1 Å². The van der Waals surface area contributed by atoms with Crippen molar-refractivity contribution in [2.45, 2.75) is 46.1 Å². The standard InChI is InChI=1S/C15H20ClN3S/c1-9(2)13-14(16)17-8-18-15(13)19-10(3)7-12-6-5-11(4)20-12/h5-6,8-10H,7H2,1-4H3,(H,17,18,19). The lowest BCUT2D eigenvalue weighted by Crippen LogP contribution is -2.20. The van der Waals surface area contributed by atoms with Gasteiger partial charge in [-0.3, -0.25) is 0 Å². The maximum absolute atomic E-state index is 6.18. The van der Waals surface area contributed by atoms with Gasteiger partial charge in [0.2, 0.25) is 0 Å². The Morgan fingerprint density at radius 3 is 2.60 bits per heavy atom. The number of hydrogen-bond donors (Lipinski definition) is 1. The predicted molar refractivity (Wildman–Crippen MR) is 87.0 cm³/mol. The molecule has 0 radical (unpaired) electrons. The summed E-state index contributed by atoms with van der Waals surface area (Å²) in [5, 5.41) is 4.00. The van der Waals surface area contributed by atoms with Crippen LogP contribution >= 0.6 is 22.9 Å². The van der Waals surface area contributed by atoms with Gasteiger partial charge in [-0.1, -0.05) is 25.4 Å². The van der Waals surface area contributed by atoms with Crippen LogP contribution in [0.3, 0.4) is 0 Å². The van der Waals surface area contributed by atoms with Gasteiger partial charge in [-0.2, -0.15) is 0 Å². The van der Waals surface area contributed by atoms with E-state index >= 15 is 0 Å². The first-order chi connectivity index (χ1) is 9.47. The van der Waals surface area contributed by atoms with Crippen LogP contribution in [0.4, 0.5) is 5.82 Å². The van der Waals surface area contributed by atoms with Gasteiger partial charge in [-0.05, 0) is 31.9 Å². The fraction of sp³-hybridized carbons (Fsp3) is 0.467. The molecule has 0 aliphatic rings. The van der Waals surface area contributed by atoms with Gasteiger partial charge in [0.05, 0.1) is 0 Å². The molecule has 5 heteroatoms. The van der Waals surface area contributed by atoms with Crippen molar-refractivity contribution in [2.24, 2.45) is 0 Å². The molecule has 2 rings (SSSR count). The molecular weight excluding hydrogens is 290 g/mol. The van der Waals surface area contributed by atoms with E-state index in [1.807, 2.05) is 11.3 Å². The molecule has 0 aromatic carbocycles. The van der Waals surface area contributed by atoms with Crippen molar-refractivity contribution in [3.05, 3.63) is 38.9 Å². The molecule has 2 aromatic rings. The third-order valence-corrected chi connectivity index (χ3v) is 4.42. The highest BCUT2D eigenvalue weighted by Crippen LogP contribution is 2.28. The van der Waals surface area contributed by atoms with Gasteiger partial charge >= 0.3 is 0 Å². The fourth-order valence-electron chi connectivity index (χ4n) is 2.18. The van der Waals surface area contributed by atoms with Crippen molar-refractivity contribution < 1.29 is 0 Å². The van der Waals surface area contributed by atoms with Crippen LogP contribution < -0.4 is 5.32 Å². The van der Waals surface area contributed by atoms with Crippen molar-refractivity contribution >= 4 is 28.8 Å². The van der Waals surface area contributed by atoms with Gasteiger partial charge in [0.25, 0.3) is 0 Å². The van der Waals surface area contributed by atoms with Crippen molar-refractivity contribution in [1.82, 2.24) is 9.97 Å². The van der Waals surface area contributed by atoms with Crippen LogP contribution in [0.25, 0.3) is 0 Å². The summed E-state index contributed by atoms with van der Waals surface area (Å²) in [6.45, 7) is 8.49. The van der Waals surface area contributed by atoms with Crippen LogP contribution in [0.5, 0.6) is 0 Å². The van der Waals surface area contributed by atoms with E-state index in [2.05, 4.69) is 55.1 Å². The Hall–Kier alpha value is -1.13. The van der Waals surface area contributed by atoms with Gasteiger partial charge in [0, 0.05) is 27.8 Å². The largest absolute Gasteiger partial charge is 0.367 e. The number of anilines is 1. The molecule has 0 aliphatic carbocycles. The van der Waals surface area contributed by atoms with E-state index in [4.69, 9.17) is 11.6 Å². The number of rotatable bonds is 5. The van der Waals surface area contributed by atoms with Crippen LogP contribution in [-0.2, 0) is 6.42 Å². The second-order valence-corrected chi connectivity index (χ2v) is 7.07. The van der Waals surface area contributed by atoms with Crippen molar-refractivity contribution in [1.29, 1.82) is 0 Å². The number of aromatic nitrogens is 2. The van der Waals surface area contributed by atoms with E-state index in [0.717, 1.165) is 17.8 Å². The van der Waals surface area contributed by atoms with Crippen molar-refractivity contribution in [2.75, 3.05) is 5.32 Å². The minimum Gasteiger partial charge on any atom is -0.367 e. The number of halogens is 1. The Morgan fingerprint density at radius 2 is 2.00 bits per heavy atom. The summed E-state index contributed by atoms with van der Waals surface area (Å²) in [6, 6.07) is 4.65. The van der Waals surface area contributed by atoms with Gasteiger partial charge in [0.1, 0.15) is 17.3 Å². The monoisotopic (exact) mass is 309 g/mol. The summed E-state index contributed by atoms with van der Waals surface area (Å²) in [5.74, 6) is 1.14. The SMILES string of the molecule is Cc1ccc(CC(C)Nc2ncnc(Cl)c2C(C)C)s1. The predicted octanol–water partition coefficient (Wildman–Crippen LogP) is 4.67. The Morgan fingerprint density at radius 1 is 1.25 bits per heavy atom. The lowest BCUT2D eigenvalue weighted by Gasteiger charge is -2.18. The summed E-state index contributed by atoms with van der Waals surface area (Å²) < 4.78 is 0. The van der Waals surface area contributed by atoms with E-state index in [9.17, 15) is 0 Å². The summed E-state index contributed by atoms with van der Waals surface area (Å²) in [6.07, 6.45) is 2.50. The van der Waals surface area contributed by atoms with Crippen molar-refractivity contribution in [3.8, 4) is 0 Å². The summed E-state index contributed by atoms with van der Waals surface area (Å²) in [7, 11) is 0. The van der Waals surface area contributed by atoms with Gasteiger partial charge < -0.3 is 5.32 Å². The van der Waals surface area contributed by atoms with Gasteiger partial charge in [-0.25, -0.2) is 9.97 Å². The summed E-state index contributed by atoms with van der Waals surface area (Å²) >= 11 is 8.02. The summed E-state index contributed by atoms with van der Waals surface area (Å²) in [4.78, 5) is 11.1. The lowest BCUT2D eigenvalue weighted by molar-refractivity contribution is 0.776. The first-order valence-electron chi connectivity index (χ1n) is 6.79. The van der Waals surface area contributed by atoms with Crippen molar-refractivity contribution in [3.63, 3.8) is 0 Å². The molecule has 1 atom stereocenters. The van der Waals surface area contributed by atoms with E-state index < -0.39 is 0 Å². The lowest BCUT2D eigenvalue weighted by atomic mass is 10.1. The molecule has 2 heterocycles. The Kier molecular flexibility index (Phi) is 5.00. The molecule has 20 heavy (non-hydrogen) atoms. The second-order valence-electron chi connectivity index (χ2n) is 5.34. The summed E-state index contributed by atoms with van der Waals surface area (Å²) in [5.41, 5.74) is 0.989. The zero-order valence-electron chi connectivity index (χ0n) is 12.3. The topological polar surface area (TPSA) is 37.8 Å². The Bertz CT molecular complexity index is 580. The van der Waals surface area contributed by atoms with Crippen LogP contribution in [0, 0.1) is 6.92 Å².